The van der Waals surface area contributed by atoms with Crippen LogP contribution in [0, 0.1) is 11.8 Å². The van der Waals surface area contributed by atoms with Crippen LogP contribution in [-0.2, 0) is 4.74 Å². The highest BCUT2D eigenvalue weighted by atomic mass is 16.6. The highest BCUT2D eigenvalue weighted by Crippen LogP contribution is 2.64. The molecule has 0 bridgehead atoms. The van der Waals surface area contributed by atoms with Gasteiger partial charge in [-0.3, -0.25) is 4.90 Å². The predicted molar refractivity (Wildman–Crippen MR) is 78.0 cm³/mol. The van der Waals surface area contributed by atoms with E-state index in [4.69, 9.17) is 4.74 Å². The fourth-order valence-electron chi connectivity index (χ4n) is 4.20. The van der Waals surface area contributed by atoms with E-state index in [-0.39, 0.29) is 6.10 Å². The highest BCUT2D eigenvalue weighted by Gasteiger charge is 2.75. The van der Waals surface area contributed by atoms with E-state index >= 15 is 0 Å². The van der Waals surface area contributed by atoms with Gasteiger partial charge in [0.2, 0.25) is 0 Å². The summed E-state index contributed by atoms with van der Waals surface area (Å²) in [6, 6.07) is 0.394. The number of aliphatic hydroxyl groups is 1. The molecule has 3 aliphatic heterocycles. The first kappa shape index (κ1) is 12.8. The van der Waals surface area contributed by atoms with Crippen molar-refractivity contribution in [2.45, 2.75) is 50.7 Å². The van der Waals surface area contributed by atoms with Crippen LogP contribution in [0.15, 0.2) is 36.0 Å². The normalized spacial score (nSPS) is 50.4. The number of piperidine rings is 2. The largest absolute Gasteiger partial charge is 0.372 e. The molecule has 1 aliphatic carbocycles. The van der Waals surface area contributed by atoms with Crippen LogP contribution in [0.25, 0.3) is 0 Å². The zero-order valence-corrected chi connectivity index (χ0v) is 12.2. The third-order valence-corrected chi connectivity index (χ3v) is 5.53. The molecule has 1 N–H and O–H groups in total. The molecule has 3 heteroatoms. The van der Waals surface area contributed by atoms with Crippen molar-refractivity contribution < 1.29 is 9.84 Å². The fourth-order valence-corrected chi connectivity index (χ4v) is 4.20. The van der Waals surface area contributed by atoms with Crippen LogP contribution < -0.4 is 0 Å². The molecule has 0 aromatic rings. The van der Waals surface area contributed by atoms with Gasteiger partial charge in [-0.25, -0.2) is 0 Å². The molecule has 1 saturated carbocycles. The quantitative estimate of drug-likeness (QED) is 0.633. The number of ether oxygens (including phenoxy) is 1. The molecule has 4 aliphatic rings. The van der Waals surface area contributed by atoms with Gasteiger partial charge in [-0.15, -0.1) is 0 Å². The second-order valence-corrected chi connectivity index (χ2v) is 6.63. The molecule has 0 spiro atoms. The summed E-state index contributed by atoms with van der Waals surface area (Å²) in [6.07, 6.45) is 13.4. The van der Waals surface area contributed by atoms with Crippen molar-refractivity contribution in [2.75, 3.05) is 6.54 Å². The summed E-state index contributed by atoms with van der Waals surface area (Å²) in [5.74, 6) is 1.07. The number of rotatable bonds is 3. The van der Waals surface area contributed by atoms with Crippen molar-refractivity contribution in [3.8, 4) is 0 Å². The van der Waals surface area contributed by atoms with E-state index in [2.05, 4.69) is 49.1 Å². The molecule has 4 fully saturated rings. The van der Waals surface area contributed by atoms with Crippen LogP contribution in [0.1, 0.15) is 26.7 Å². The molecule has 4 rings (SSSR count). The molecular formula is C17H23NO2. The molecule has 6 atom stereocenters. The van der Waals surface area contributed by atoms with Crippen LogP contribution in [-0.4, -0.2) is 40.5 Å². The molecule has 20 heavy (non-hydrogen) atoms. The fraction of sp³-hybridized carbons (Fsp3) is 0.647. The first-order chi connectivity index (χ1) is 9.66. The monoisotopic (exact) mass is 273 g/mol. The van der Waals surface area contributed by atoms with E-state index in [1.807, 2.05) is 0 Å². The van der Waals surface area contributed by atoms with E-state index in [1.165, 1.54) is 5.57 Å². The molecule has 3 saturated heterocycles. The number of allylic oxidation sites excluding steroid dienone is 5. The minimum atomic E-state index is -0.661. The van der Waals surface area contributed by atoms with Gasteiger partial charge in [0.05, 0.1) is 6.10 Å². The Morgan fingerprint density at radius 2 is 2.25 bits per heavy atom. The van der Waals surface area contributed by atoms with E-state index in [1.54, 1.807) is 0 Å². The molecule has 0 aromatic carbocycles. The van der Waals surface area contributed by atoms with Crippen molar-refractivity contribution in [2.24, 2.45) is 11.8 Å². The summed E-state index contributed by atoms with van der Waals surface area (Å²) in [6.45, 7) is 5.12. The maximum absolute atomic E-state index is 11.0. The first-order valence-electron chi connectivity index (χ1n) is 7.78. The van der Waals surface area contributed by atoms with Crippen LogP contribution in [0.4, 0.5) is 0 Å². The van der Waals surface area contributed by atoms with Gasteiger partial charge in [-0.2, -0.15) is 0 Å². The summed E-state index contributed by atoms with van der Waals surface area (Å²) in [7, 11) is 0. The SMILES string of the molecule is C/C=C(C)/C=C/C=C/[C@H]1[C@@H]2C[C@@H]2[C@]2(O)[C@H]3O[C@H]3CCN12. The van der Waals surface area contributed by atoms with Crippen molar-refractivity contribution in [3.63, 3.8) is 0 Å². The maximum Gasteiger partial charge on any atom is 0.151 e. The molecule has 3 heterocycles. The lowest BCUT2D eigenvalue weighted by Crippen LogP contribution is -2.57. The van der Waals surface area contributed by atoms with Gasteiger partial charge >= 0.3 is 0 Å². The van der Waals surface area contributed by atoms with E-state index in [9.17, 15) is 5.11 Å². The molecular weight excluding hydrogens is 250 g/mol. The molecule has 0 aromatic heterocycles. The van der Waals surface area contributed by atoms with Crippen LogP contribution in [0.5, 0.6) is 0 Å². The van der Waals surface area contributed by atoms with Crippen molar-refractivity contribution in [3.05, 3.63) is 36.0 Å². The number of hydrogen-bond acceptors (Lipinski definition) is 3. The topological polar surface area (TPSA) is 36.0 Å². The third-order valence-electron chi connectivity index (χ3n) is 5.53. The Hall–Kier alpha value is -0.900. The molecule has 0 radical (unpaired) electrons. The van der Waals surface area contributed by atoms with E-state index in [0.29, 0.717) is 24.0 Å². The standard InChI is InChI=1S/C17H23NO2/c1-3-11(2)6-4-5-7-14-12-10-13(12)17(19)16-15(20-16)8-9-18(14)17/h3-7,12-16,19H,8-10H2,1-2H3/b6-4+,7-5+,11-3+/t12-,13+,14+,15+,16+,17+/m1/s1. The minimum absolute atomic E-state index is 0.0884. The van der Waals surface area contributed by atoms with Crippen LogP contribution in [0.2, 0.25) is 0 Å². The Balaban J connectivity index is 1.50. The predicted octanol–water partition coefficient (Wildman–Crippen LogP) is 2.25. The minimum Gasteiger partial charge on any atom is -0.372 e. The zero-order valence-electron chi connectivity index (χ0n) is 12.2. The summed E-state index contributed by atoms with van der Waals surface area (Å²) in [4.78, 5) is 2.30. The lowest BCUT2D eigenvalue weighted by molar-refractivity contribution is -0.133. The average Bonchev–Trinajstić information content (AvgIpc) is 3.32. The van der Waals surface area contributed by atoms with Gasteiger partial charge in [0.25, 0.3) is 0 Å². The zero-order chi connectivity index (χ0) is 13.9. The van der Waals surface area contributed by atoms with Gasteiger partial charge in [0.1, 0.15) is 6.10 Å². The van der Waals surface area contributed by atoms with Gasteiger partial charge in [0.15, 0.2) is 5.72 Å². The molecule has 108 valence electrons. The third kappa shape index (κ3) is 1.70. The van der Waals surface area contributed by atoms with Crippen LogP contribution >= 0.6 is 0 Å². The average molecular weight is 273 g/mol. The molecule has 3 nitrogen and oxygen atoms in total. The smallest absolute Gasteiger partial charge is 0.151 e. The lowest BCUT2D eigenvalue weighted by atomic mass is 9.95. The Labute approximate surface area is 120 Å². The molecule has 0 amide bonds. The number of nitrogens with zero attached hydrogens (tertiary/aromatic N) is 1. The Morgan fingerprint density at radius 1 is 1.40 bits per heavy atom. The maximum atomic E-state index is 11.0. The second-order valence-electron chi connectivity index (χ2n) is 6.63. The van der Waals surface area contributed by atoms with Crippen LogP contribution in [0.3, 0.4) is 0 Å². The van der Waals surface area contributed by atoms with Crippen molar-refractivity contribution in [1.82, 2.24) is 4.90 Å². The van der Waals surface area contributed by atoms with Gasteiger partial charge in [-0.05, 0) is 32.6 Å². The summed E-state index contributed by atoms with van der Waals surface area (Å²) in [5.41, 5.74) is 0.611. The van der Waals surface area contributed by atoms with E-state index < -0.39 is 5.72 Å². The Kier molecular flexibility index (Phi) is 2.75. The summed E-state index contributed by atoms with van der Waals surface area (Å²) in [5, 5.41) is 11.0. The summed E-state index contributed by atoms with van der Waals surface area (Å²) >= 11 is 0. The number of epoxide rings is 1. The Morgan fingerprint density at radius 3 is 3.05 bits per heavy atom. The van der Waals surface area contributed by atoms with Gasteiger partial charge < -0.3 is 9.84 Å². The Bertz CT molecular complexity index is 509. The summed E-state index contributed by atoms with van der Waals surface area (Å²) < 4.78 is 5.67. The number of hydrogen-bond donors (Lipinski definition) is 1. The number of fused-ring (bicyclic) bond motifs is 5. The highest BCUT2D eigenvalue weighted by molar-refractivity contribution is 5.27. The van der Waals surface area contributed by atoms with Crippen molar-refractivity contribution in [1.29, 1.82) is 0 Å². The van der Waals surface area contributed by atoms with Crippen molar-refractivity contribution >= 4 is 0 Å². The van der Waals surface area contributed by atoms with Gasteiger partial charge in [-0.1, -0.05) is 36.0 Å². The van der Waals surface area contributed by atoms with E-state index in [0.717, 1.165) is 19.4 Å². The first-order valence-corrected chi connectivity index (χ1v) is 7.78. The second kappa shape index (κ2) is 4.30. The lowest BCUT2D eigenvalue weighted by Gasteiger charge is -2.40. The molecule has 0 unspecified atom stereocenters. The van der Waals surface area contributed by atoms with Gasteiger partial charge in [0, 0.05) is 18.5 Å².